The number of unbranched alkanes of at least 4 members (excludes halogenated alkanes) is 2. The van der Waals surface area contributed by atoms with E-state index >= 15 is 0 Å². The number of carbonyl (C=O) groups excluding carboxylic acids is 1. The Hall–Kier alpha value is -2.09. The van der Waals surface area contributed by atoms with Crippen LogP contribution in [0.25, 0.3) is 0 Å². The molecule has 1 atom stereocenters. The molecular formula is C24H39NO. The minimum absolute atomic E-state index is 0.0122. The molecule has 146 valence electrons. The molecule has 0 spiro atoms. The molecule has 0 aliphatic carbocycles. The molecule has 0 aromatic carbocycles. The highest BCUT2D eigenvalue weighted by Gasteiger charge is 2.15. The first-order valence-electron chi connectivity index (χ1n) is 9.53. The summed E-state index contributed by atoms with van der Waals surface area (Å²) in [5.74, 6) is 0.905. The number of hydrogen-bond donors (Lipinski definition) is 1. The maximum Gasteiger partial charge on any atom is 0.220 e. The van der Waals surface area contributed by atoms with Gasteiger partial charge < -0.3 is 5.32 Å². The molecule has 0 saturated carbocycles. The summed E-state index contributed by atoms with van der Waals surface area (Å²) in [5.41, 5.74) is 1.89. The van der Waals surface area contributed by atoms with E-state index in [2.05, 4.69) is 59.3 Å². The molecule has 26 heavy (non-hydrogen) atoms. The molecular weight excluding hydrogens is 318 g/mol. The summed E-state index contributed by atoms with van der Waals surface area (Å²) in [5, 5.41) is 2.99. The van der Waals surface area contributed by atoms with Gasteiger partial charge in [-0.25, -0.2) is 0 Å². The number of hydrogen-bond acceptors (Lipinski definition) is 1. The quantitative estimate of drug-likeness (QED) is 0.311. The predicted octanol–water partition coefficient (Wildman–Crippen LogP) is 6.56. The van der Waals surface area contributed by atoms with Crippen molar-refractivity contribution in [1.82, 2.24) is 5.32 Å². The van der Waals surface area contributed by atoms with Gasteiger partial charge in [0.25, 0.3) is 0 Å². The minimum Gasteiger partial charge on any atom is -0.355 e. The zero-order chi connectivity index (χ0) is 20.4. The third-order valence-electron chi connectivity index (χ3n) is 3.35. The van der Waals surface area contributed by atoms with E-state index in [1.54, 1.807) is 18.2 Å². The molecule has 0 fully saturated rings. The molecule has 0 aliphatic heterocycles. The Bertz CT molecular complexity index is 492. The van der Waals surface area contributed by atoms with Gasteiger partial charge in [-0.1, -0.05) is 103 Å². The zero-order valence-corrected chi connectivity index (χ0v) is 17.4. The number of allylic oxidation sites excluding steroid dienone is 6. The first-order valence-corrected chi connectivity index (χ1v) is 9.53. The molecule has 1 N–H and O–H groups in total. The smallest absolute Gasteiger partial charge is 0.220 e. The average Bonchev–Trinajstić information content (AvgIpc) is 2.58. The van der Waals surface area contributed by atoms with Gasteiger partial charge in [0, 0.05) is 18.9 Å². The molecule has 0 heterocycles. The Morgan fingerprint density at radius 3 is 2.15 bits per heavy atom. The first kappa shape index (κ1) is 26.1. The van der Waals surface area contributed by atoms with Crippen LogP contribution in [0.5, 0.6) is 0 Å². The van der Waals surface area contributed by atoms with Gasteiger partial charge in [0.2, 0.25) is 5.91 Å². The molecule has 0 aromatic heterocycles. The van der Waals surface area contributed by atoms with Gasteiger partial charge >= 0.3 is 0 Å². The number of carbonyl (C=O) groups is 1. The molecule has 1 unspecified atom stereocenters. The number of rotatable bonds is 12. The average molecular weight is 358 g/mol. The summed E-state index contributed by atoms with van der Waals surface area (Å²) in [6.07, 6.45) is 14.5. The fourth-order valence-corrected chi connectivity index (χ4v) is 2.07. The lowest BCUT2D eigenvalue weighted by atomic mass is 9.90. The molecule has 0 rings (SSSR count). The van der Waals surface area contributed by atoms with Gasteiger partial charge in [0.1, 0.15) is 0 Å². The molecule has 0 bridgehead atoms. The zero-order valence-electron chi connectivity index (χ0n) is 17.4. The molecule has 0 aromatic rings. The molecule has 0 radical (unpaired) electrons. The van der Waals surface area contributed by atoms with Gasteiger partial charge in [0.15, 0.2) is 0 Å². The van der Waals surface area contributed by atoms with Gasteiger partial charge in [-0.2, -0.15) is 0 Å². The van der Waals surface area contributed by atoms with Gasteiger partial charge in [0.05, 0.1) is 0 Å². The standard InChI is InChI=1S/C20H29NO.C4H10/c1-6-10-12-15-20(22)21-16-19(17(5)14-11-7-2)18(9-4)13-8-3;1-4(2)3/h7-9,11,13-14,19H,2-6,10,12,15-16H2,1H3,(H,21,22);4H,1-3H3/b14-11-,18-13+;. The van der Waals surface area contributed by atoms with Crippen LogP contribution in [0.1, 0.15) is 53.4 Å². The van der Waals surface area contributed by atoms with E-state index in [4.69, 9.17) is 0 Å². The highest BCUT2D eigenvalue weighted by atomic mass is 16.1. The third-order valence-corrected chi connectivity index (χ3v) is 3.35. The SMILES string of the molecule is C=C/C=C\C(=C)C(CNC(=O)CCCCC)/C(C=C)=C/C=C.CC(C)C. The monoisotopic (exact) mass is 357 g/mol. The maximum atomic E-state index is 11.9. The predicted molar refractivity (Wildman–Crippen MR) is 118 cm³/mol. The Labute approximate surface area is 162 Å². The minimum atomic E-state index is -0.0122. The van der Waals surface area contributed by atoms with E-state index < -0.39 is 0 Å². The first-order chi connectivity index (χ1) is 12.3. The van der Waals surface area contributed by atoms with E-state index in [0.29, 0.717) is 13.0 Å². The van der Waals surface area contributed by atoms with E-state index in [1.807, 2.05) is 18.2 Å². The third kappa shape index (κ3) is 15.4. The Morgan fingerprint density at radius 2 is 1.69 bits per heavy atom. The van der Waals surface area contributed by atoms with E-state index in [9.17, 15) is 4.79 Å². The van der Waals surface area contributed by atoms with Crippen LogP contribution in [0.3, 0.4) is 0 Å². The molecule has 2 heteroatoms. The van der Waals surface area contributed by atoms with Gasteiger partial charge in [-0.05, 0) is 23.5 Å². The van der Waals surface area contributed by atoms with Crippen molar-refractivity contribution in [3.8, 4) is 0 Å². The van der Waals surface area contributed by atoms with Crippen LogP contribution < -0.4 is 5.32 Å². The van der Waals surface area contributed by atoms with Crippen molar-refractivity contribution in [2.75, 3.05) is 6.54 Å². The molecule has 0 aliphatic rings. The fraction of sp³-hybridized carbons (Fsp3) is 0.458. The highest BCUT2D eigenvalue weighted by molar-refractivity contribution is 5.75. The Morgan fingerprint density at radius 1 is 1.08 bits per heavy atom. The van der Waals surface area contributed by atoms with Crippen LogP contribution in [-0.4, -0.2) is 12.5 Å². The molecule has 0 saturated heterocycles. The lowest BCUT2D eigenvalue weighted by Gasteiger charge is -2.19. The normalized spacial score (nSPS) is 12.1. The summed E-state index contributed by atoms with van der Waals surface area (Å²) >= 11 is 0. The summed E-state index contributed by atoms with van der Waals surface area (Å²) in [4.78, 5) is 11.9. The summed E-state index contributed by atoms with van der Waals surface area (Å²) in [6, 6.07) is 0. The maximum absolute atomic E-state index is 11.9. The topological polar surface area (TPSA) is 29.1 Å². The second-order valence-corrected chi connectivity index (χ2v) is 6.82. The summed E-state index contributed by atoms with van der Waals surface area (Å²) in [7, 11) is 0. The van der Waals surface area contributed by atoms with Gasteiger partial charge in [-0.15, -0.1) is 0 Å². The lowest BCUT2D eigenvalue weighted by molar-refractivity contribution is -0.121. The second-order valence-electron chi connectivity index (χ2n) is 6.82. The van der Waals surface area contributed by atoms with Crippen molar-refractivity contribution in [3.63, 3.8) is 0 Å². The second kappa shape index (κ2) is 17.7. The summed E-state index contributed by atoms with van der Waals surface area (Å²) in [6.45, 7) is 24.4. The molecule has 2 nitrogen and oxygen atoms in total. The van der Waals surface area contributed by atoms with Crippen molar-refractivity contribution >= 4 is 5.91 Å². The van der Waals surface area contributed by atoms with Crippen LogP contribution in [0, 0.1) is 11.8 Å². The van der Waals surface area contributed by atoms with Crippen molar-refractivity contribution < 1.29 is 4.79 Å². The number of amides is 1. The van der Waals surface area contributed by atoms with E-state index in [1.165, 1.54) is 0 Å². The van der Waals surface area contributed by atoms with Crippen LogP contribution >= 0.6 is 0 Å². The number of nitrogens with one attached hydrogen (secondary N) is 1. The Balaban J connectivity index is 0. The van der Waals surface area contributed by atoms with Crippen LogP contribution in [0.15, 0.2) is 73.9 Å². The largest absolute Gasteiger partial charge is 0.355 e. The molecule has 1 amide bonds. The lowest BCUT2D eigenvalue weighted by Crippen LogP contribution is -2.30. The van der Waals surface area contributed by atoms with Crippen molar-refractivity contribution in [3.05, 3.63) is 73.9 Å². The van der Waals surface area contributed by atoms with Crippen molar-refractivity contribution in [2.24, 2.45) is 11.8 Å². The van der Waals surface area contributed by atoms with Crippen LogP contribution in [0.4, 0.5) is 0 Å². The van der Waals surface area contributed by atoms with Crippen LogP contribution in [0.2, 0.25) is 0 Å². The van der Waals surface area contributed by atoms with Crippen molar-refractivity contribution in [1.29, 1.82) is 0 Å². The van der Waals surface area contributed by atoms with Crippen LogP contribution in [-0.2, 0) is 4.79 Å². The van der Waals surface area contributed by atoms with E-state index in [0.717, 1.165) is 36.3 Å². The van der Waals surface area contributed by atoms with E-state index in [-0.39, 0.29) is 11.8 Å². The fourth-order valence-electron chi connectivity index (χ4n) is 2.07. The summed E-state index contributed by atoms with van der Waals surface area (Å²) < 4.78 is 0. The highest BCUT2D eigenvalue weighted by Crippen LogP contribution is 2.21. The van der Waals surface area contributed by atoms with Crippen molar-refractivity contribution in [2.45, 2.75) is 53.4 Å². The Kier molecular flexibility index (Phi) is 17.8. The van der Waals surface area contributed by atoms with Gasteiger partial charge in [-0.3, -0.25) is 4.79 Å².